The van der Waals surface area contributed by atoms with Gasteiger partial charge in [-0.05, 0) is 19.6 Å². The second kappa shape index (κ2) is 5.83. The number of aliphatic imine (C=N–C) groups is 2. The molecule has 0 saturated heterocycles. The summed E-state index contributed by atoms with van der Waals surface area (Å²) < 4.78 is 0. The van der Waals surface area contributed by atoms with Crippen molar-refractivity contribution in [3.8, 4) is 0 Å². The van der Waals surface area contributed by atoms with Crippen molar-refractivity contribution in [2.45, 2.75) is 27.2 Å². The molecule has 0 aromatic rings. The lowest BCUT2D eigenvalue weighted by molar-refractivity contribution is 0.681. The molecule has 0 radical (unpaired) electrons. The van der Waals surface area contributed by atoms with Crippen LogP contribution in [0.4, 0.5) is 0 Å². The van der Waals surface area contributed by atoms with E-state index in [2.05, 4.69) is 30.5 Å². The molecule has 0 aliphatic carbocycles. The topological polar surface area (TPSA) is 24.7 Å². The van der Waals surface area contributed by atoms with Crippen LogP contribution in [0.3, 0.4) is 0 Å². The van der Waals surface area contributed by atoms with Crippen molar-refractivity contribution in [1.29, 1.82) is 0 Å². The maximum atomic E-state index is 4.11. The minimum atomic E-state index is 0.588. The van der Waals surface area contributed by atoms with E-state index >= 15 is 0 Å². The summed E-state index contributed by atoms with van der Waals surface area (Å²) in [6, 6.07) is 0. The van der Waals surface area contributed by atoms with Crippen LogP contribution in [0.2, 0.25) is 0 Å². The third kappa shape index (κ3) is 5.52. The monoisotopic (exact) mass is 152 g/mol. The molecule has 0 heterocycles. The minimum absolute atomic E-state index is 0.588. The van der Waals surface area contributed by atoms with Gasteiger partial charge in [0, 0.05) is 12.6 Å². The summed E-state index contributed by atoms with van der Waals surface area (Å²) in [5, 5.41) is 0. The van der Waals surface area contributed by atoms with Crippen LogP contribution in [0, 0.1) is 5.92 Å². The molecule has 0 aliphatic rings. The zero-order valence-electron chi connectivity index (χ0n) is 7.54. The van der Waals surface area contributed by atoms with Crippen LogP contribution in [0.5, 0.6) is 0 Å². The fourth-order valence-corrected chi connectivity index (χ4v) is 0.684. The first-order valence-electron chi connectivity index (χ1n) is 3.85. The van der Waals surface area contributed by atoms with Crippen LogP contribution in [-0.2, 0) is 0 Å². The van der Waals surface area contributed by atoms with Crippen molar-refractivity contribution >= 4 is 12.6 Å². The average molecular weight is 152 g/mol. The van der Waals surface area contributed by atoms with E-state index in [4.69, 9.17) is 0 Å². The Kier molecular flexibility index (Phi) is 5.35. The van der Waals surface area contributed by atoms with Gasteiger partial charge in [0.05, 0.1) is 0 Å². The smallest absolute Gasteiger partial charge is 0.127 e. The van der Waals surface area contributed by atoms with Crippen LogP contribution in [-0.4, -0.2) is 12.6 Å². The van der Waals surface area contributed by atoms with E-state index in [-0.39, 0.29) is 0 Å². The normalized spacial score (nSPS) is 12.9. The van der Waals surface area contributed by atoms with Gasteiger partial charge in [0.15, 0.2) is 0 Å². The van der Waals surface area contributed by atoms with Gasteiger partial charge in [0.2, 0.25) is 0 Å². The maximum absolute atomic E-state index is 4.11. The molecule has 0 rings (SSSR count). The zero-order valence-corrected chi connectivity index (χ0v) is 7.54. The highest BCUT2D eigenvalue weighted by atomic mass is 14.9. The number of hydrogen-bond acceptors (Lipinski definition) is 1. The van der Waals surface area contributed by atoms with Gasteiger partial charge in [-0.15, -0.1) is 0 Å². The van der Waals surface area contributed by atoms with E-state index in [1.165, 1.54) is 0 Å². The molecular weight excluding hydrogens is 136 g/mol. The fourth-order valence-electron chi connectivity index (χ4n) is 0.684. The summed E-state index contributed by atoms with van der Waals surface area (Å²) in [4.78, 5) is 7.92. The summed E-state index contributed by atoms with van der Waals surface area (Å²) in [6.07, 6.45) is 4.52. The Hall–Kier alpha value is -0.920. The molecule has 0 unspecified atom stereocenters. The molecule has 0 aromatic heterocycles. The zero-order chi connectivity index (χ0) is 8.69. The first-order valence-corrected chi connectivity index (χ1v) is 3.85. The Morgan fingerprint density at radius 1 is 1.55 bits per heavy atom. The number of allylic oxidation sites excluding steroid dienone is 1. The van der Waals surface area contributed by atoms with Crippen LogP contribution < -0.4 is 0 Å². The summed E-state index contributed by atoms with van der Waals surface area (Å²) in [6.45, 7) is 9.65. The van der Waals surface area contributed by atoms with Gasteiger partial charge in [-0.25, -0.2) is 9.98 Å². The Labute approximate surface area is 68.8 Å². The van der Waals surface area contributed by atoms with Crippen molar-refractivity contribution in [3.63, 3.8) is 0 Å². The van der Waals surface area contributed by atoms with Gasteiger partial charge in [-0.1, -0.05) is 19.9 Å². The summed E-state index contributed by atoms with van der Waals surface area (Å²) in [7, 11) is 0. The van der Waals surface area contributed by atoms with Crippen molar-refractivity contribution < 1.29 is 0 Å². The molecule has 0 aromatic carbocycles. The molecule has 0 spiro atoms. The second-order valence-corrected chi connectivity index (χ2v) is 2.78. The van der Waals surface area contributed by atoms with Crippen LogP contribution in [0.25, 0.3) is 0 Å². The lowest BCUT2D eigenvalue weighted by Crippen LogP contribution is -1.98. The lowest BCUT2D eigenvalue weighted by Gasteiger charge is -2.01. The molecule has 11 heavy (non-hydrogen) atoms. The highest BCUT2D eigenvalue weighted by Crippen LogP contribution is 2.02. The summed E-state index contributed by atoms with van der Waals surface area (Å²) in [5.74, 6) is 1.41. The first kappa shape index (κ1) is 10.1. The van der Waals surface area contributed by atoms with E-state index in [1.807, 2.05) is 13.0 Å². The number of hydrogen-bond donors (Lipinski definition) is 0. The standard InChI is InChI=1S/C9H16N2/c1-5-6-11-9(10-4)7-8(2)3/h5-6,8H,4,7H2,1-3H3/b6-5-,11-9-. The molecule has 0 aliphatic heterocycles. The molecule has 0 bridgehead atoms. The largest absolute Gasteiger partial charge is 0.249 e. The number of amidine groups is 1. The summed E-state index contributed by atoms with van der Waals surface area (Å²) >= 11 is 0. The van der Waals surface area contributed by atoms with Crippen molar-refractivity contribution in [2.75, 3.05) is 0 Å². The van der Waals surface area contributed by atoms with Gasteiger partial charge in [-0.2, -0.15) is 0 Å². The minimum Gasteiger partial charge on any atom is -0.249 e. The third-order valence-electron chi connectivity index (χ3n) is 1.15. The molecule has 0 saturated carbocycles. The Bertz CT molecular complexity index is 166. The molecule has 2 heteroatoms. The third-order valence-corrected chi connectivity index (χ3v) is 1.15. The SMILES string of the molecule is C=N/C(CC(C)C)=N\C=C/C. The van der Waals surface area contributed by atoms with Crippen molar-refractivity contribution in [3.05, 3.63) is 12.3 Å². The quantitative estimate of drug-likeness (QED) is 0.439. The number of rotatable bonds is 3. The highest BCUT2D eigenvalue weighted by Gasteiger charge is 1.97. The predicted molar refractivity (Wildman–Crippen MR) is 51.3 cm³/mol. The number of nitrogens with zero attached hydrogens (tertiary/aromatic N) is 2. The average Bonchev–Trinajstić information content (AvgIpc) is 1.97. The van der Waals surface area contributed by atoms with Crippen LogP contribution >= 0.6 is 0 Å². The molecule has 0 amide bonds. The van der Waals surface area contributed by atoms with Gasteiger partial charge < -0.3 is 0 Å². The van der Waals surface area contributed by atoms with Gasteiger partial charge >= 0.3 is 0 Å². The summed E-state index contributed by atoms with van der Waals surface area (Å²) in [5.41, 5.74) is 0. The maximum Gasteiger partial charge on any atom is 0.127 e. The van der Waals surface area contributed by atoms with E-state index in [9.17, 15) is 0 Å². The van der Waals surface area contributed by atoms with E-state index < -0.39 is 0 Å². The fraction of sp³-hybridized carbons (Fsp3) is 0.556. The Balaban J connectivity index is 4.04. The molecular formula is C9H16N2. The predicted octanol–water partition coefficient (Wildman–Crippen LogP) is 2.67. The van der Waals surface area contributed by atoms with Crippen molar-refractivity contribution in [2.24, 2.45) is 15.9 Å². The van der Waals surface area contributed by atoms with Gasteiger partial charge in [-0.3, -0.25) is 0 Å². The molecule has 0 atom stereocenters. The highest BCUT2D eigenvalue weighted by molar-refractivity contribution is 5.86. The Morgan fingerprint density at radius 2 is 2.18 bits per heavy atom. The van der Waals surface area contributed by atoms with Gasteiger partial charge in [0.1, 0.15) is 5.84 Å². The van der Waals surface area contributed by atoms with E-state index in [0.29, 0.717) is 5.92 Å². The molecule has 0 N–H and O–H groups in total. The van der Waals surface area contributed by atoms with Crippen LogP contribution in [0.1, 0.15) is 27.2 Å². The lowest BCUT2D eigenvalue weighted by atomic mass is 10.1. The van der Waals surface area contributed by atoms with E-state index in [1.54, 1.807) is 6.20 Å². The Morgan fingerprint density at radius 3 is 2.55 bits per heavy atom. The van der Waals surface area contributed by atoms with E-state index in [0.717, 1.165) is 12.3 Å². The molecule has 62 valence electrons. The molecule has 2 nitrogen and oxygen atoms in total. The first-order chi connectivity index (χ1) is 5.20. The van der Waals surface area contributed by atoms with Crippen LogP contribution in [0.15, 0.2) is 22.3 Å². The molecule has 0 fully saturated rings. The van der Waals surface area contributed by atoms with Gasteiger partial charge in [0.25, 0.3) is 0 Å². The van der Waals surface area contributed by atoms with Crippen molar-refractivity contribution in [1.82, 2.24) is 0 Å². The second-order valence-electron chi connectivity index (χ2n) is 2.78.